The third-order valence-electron chi connectivity index (χ3n) is 6.49. The number of carbonyl (C=O) groups excluding carboxylic acids is 1. The highest BCUT2D eigenvalue weighted by atomic mass is 32.1. The minimum Gasteiger partial charge on any atom is -0.497 e. The van der Waals surface area contributed by atoms with Gasteiger partial charge in [-0.3, -0.25) is 4.79 Å². The lowest BCUT2D eigenvalue weighted by atomic mass is 9.96. The summed E-state index contributed by atoms with van der Waals surface area (Å²) in [4.78, 5) is 14.3. The Hall–Kier alpha value is -3.52. The Morgan fingerprint density at radius 1 is 1.34 bits per heavy atom. The van der Waals surface area contributed by atoms with Crippen LogP contribution in [0.15, 0.2) is 30.5 Å². The van der Waals surface area contributed by atoms with Crippen LogP contribution in [-0.2, 0) is 12.8 Å². The average Bonchev–Trinajstić information content (AvgIpc) is 3.43. The molecular formula is C24H22F3N5O2S. The number of carbonyl (C=O) groups is 1. The van der Waals surface area contributed by atoms with Crippen LogP contribution in [0.5, 0.6) is 5.75 Å². The van der Waals surface area contributed by atoms with Gasteiger partial charge < -0.3 is 15.4 Å². The number of anilines is 2. The molecule has 5 rings (SSSR count). The highest BCUT2D eigenvalue weighted by molar-refractivity contribution is 7.16. The van der Waals surface area contributed by atoms with Crippen molar-refractivity contribution < 1.29 is 22.7 Å². The van der Waals surface area contributed by atoms with Crippen LogP contribution in [0.4, 0.5) is 24.0 Å². The summed E-state index contributed by atoms with van der Waals surface area (Å²) in [5.41, 5.74) is 2.00. The van der Waals surface area contributed by atoms with Crippen LogP contribution in [0, 0.1) is 11.3 Å². The summed E-state index contributed by atoms with van der Waals surface area (Å²) < 4.78 is 48.0. The van der Waals surface area contributed by atoms with E-state index in [9.17, 15) is 23.2 Å². The zero-order valence-corrected chi connectivity index (χ0v) is 19.6. The number of amides is 1. The van der Waals surface area contributed by atoms with Gasteiger partial charge in [0.25, 0.3) is 5.91 Å². The van der Waals surface area contributed by atoms with Crippen LogP contribution in [0.1, 0.15) is 63.3 Å². The normalized spacial score (nSPS) is 19.2. The molecule has 35 heavy (non-hydrogen) atoms. The lowest BCUT2D eigenvalue weighted by Gasteiger charge is -2.34. The number of methoxy groups -OCH3 is 1. The second-order valence-corrected chi connectivity index (χ2v) is 9.70. The number of halogens is 3. The van der Waals surface area contributed by atoms with E-state index < -0.39 is 24.2 Å². The molecule has 3 aromatic rings. The van der Waals surface area contributed by atoms with Gasteiger partial charge in [-0.05, 0) is 48.9 Å². The molecule has 2 atom stereocenters. The molecule has 1 aliphatic heterocycles. The van der Waals surface area contributed by atoms with Crippen LogP contribution >= 0.6 is 11.3 Å². The van der Waals surface area contributed by atoms with Gasteiger partial charge in [0.15, 0.2) is 6.04 Å². The minimum absolute atomic E-state index is 0.0104. The summed E-state index contributed by atoms with van der Waals surface area (Å²) in [5, 5.41) is 19.9. The van der Waals surface area contributed by atoms with Gasteiger partial charge in [0.1, 0.15) is 28.2 Å². The Kier molecular flexibility index (Phi) is 5.92. The fourth-order valence-electron chi connectivity index (χ4n) is 4.75. The first-order valence-corrected chi connectivity index (χ1v) is 12.0. The van der Waals surface area contributed by atoms with E-state index in [1.54, 1.807) is 24.3 Å². The van der Waals surface area contributed by atoms with Crippen molar-refractivity contribution in [2.45, 2.75) is 50.4 Å². The van der Waals surface area contributed by atoms with Gasteiger partial charge in [-0.15, -0.1) is 11.3 Å². The number of nitrogens with one attached hydrogen (secondary N) is 2. The van der Waals surface area contributed by atoms with Gasteiger partial charge in [-0.2, -0.15) is 23.5 Å². The van der Waals surface area contributed by atoms with Crippen molar-refractivity contribution in [3.63, 3.8) is 0 Å². The molecular weight excluding hydrogens is 479 g/mol. The molecule has 0 fully saturated rings. The number of alkyl halides is 3. The van der Waals surface area contributed by atoms with Crippen LogP contribution in [0.3, 0.4) is 0 Å². The lowest BCUT2D eigenvalue weighted by molar-refractivity contribution is -0.173. The van der Waals surface area contributed by atoms with Crippen molar-refractivity contribution >= 4 is 28.1 Å². The van der Waals surface area contributed by atoms with Crippen molar-refractivity contribution in [1.82, 2.24) is 9.78 Å². The highest BCUT2D eigenvalue weighted by Gasteiger charge is 2.47. The van der Waals surface area contributed by atoms with Gasteiger partial charge >= 0.3 is 6.18 Å². The molecule has 0 unspecified atom stereocenters. The molecule has 2 N–H and O–H groups in total. The van der Waals surface area contributed by atoms with Gasteiger partial charge in [-0.25, -0.2) is 4.68 Å². The number of benzene rings is 1. The summed E-state index contributed by atoms with van der Waals surface area (Å²) in [6.07, 6.45) is -0.0646. The molecule has 11 heteroatoms. The number of rotatable bonds is 4. The maximum atomic E-state index is 14.0. The topological polar surface area (TPSA) is 92.0 Å². The van der Waals surface area contributed by atoms with Crippen LogP contribution in [0.25, 0.3) is 0 Å². The lowest BCUT2D eigenvalue weighted by Crippen LogP contribution is -2.36. The first kappa shape index (κ1) is 23.2. The number of nitrogens with zero attached hydrogens (tertiary/aromatic N) is 3. The molecule has 1 aliphatic carbocycles. The first-order chi connectivity index (χ1) is 16.8. The number of thiophene rings is 1. The molecule has 2 aromatic heterocycles. The van der Waals surface area contributed by atoms with E-state index in [2.05, 4.69) is 21.8 Å². The SMILES string of the molecule is COc1cccc([C@H]2C[C@@H](C(F)(F)F)n3ncc(C(=O)Nc4sc5c(c4C#N)CCCC5)c3N2)c1. The molecule has 182 valence electrons. The fourth-order valence-corrected chi connectivity index (χ4v) is 5.98. The predicted octanol–water partition coefficient (Wildman–Crippen LogP) is 5.62. The summed E-state index contributed by atoms with van der Waals surface area (Å²) in [7, 11) is 1.49. The Labute approximate surface area is 203 Å². The zero-order valence-electron chi connectivity index (χ0n) is 18.8. The van der Waals surface area contributed by atoms with E-state index in [-0.39, 0.29) is 17.8 Å². The fraction of sp³-hybridized carbons (Fsp3) is 0.375. The van der Waals surface area contributed by atoms with Crippen LogP contribution in [-0.4, -0.2) is 29.0 Å². The van der Waals surface area contributed by atoms with Gasteiger partial charge in [-0.1, -0.05) is 12.1 Å². The minimum atomic E-state index is -4.56. The van der Waals surface area contributed by atoms with Crippen molar-refractivity contribution in [2.75, 3.05) is 17.7 Å². The molecule has 0 radical (unpaired) electrons. The van der Waals surface area contributed by atoms with Gasteiger partial charge in [0.05, 0.1) is 24.9 Å². The maximum absolute atomic E-state index is 14.0. The smallest absolute Gasteiger partial charge is 0.410 e. The summed E-state index contributed by atoms with van der Waals surface area (Å²) in [5.74, 6) is -0.0969. The van der Waals surface area contributed by atoms with E-state index in [1.165, 1.54) is 18.4 Å². The molecule has 2 aliphatic rings. The number of hydrogen-bond acceptors (Lipinski definition) is 6. The van der Waals surface area contributed by atoms with E-state index in [1.807, 2.05) is 0 Å². The predicted molar refractivity (Wildman–Crippen MR) is 125 cm³/mol. The van der Waals surface area contributed by atoms with Gasteiger partial charge in [0, 0.05) is 11.3 Å². The second kappa shape index (κ2) is 8.92. The van der Waals surface area contributed by atoms with E-state index in [0.29, 0.717) is 21.9 Å². The van der Waals surface area contributed by atoms with Crippen molar-refractivity contribution in [2.24, 2.45) is 0 Å². The van der Waals surface area contributed by atoms with Crippen molar-refractivity contribution in [3.8, 4) is 11.8 Å². The molecule has 0 saturated carbocycles. The Morgan fingerprint density at radius 2 is 2.14 bits per heavy atom. The Morgan fingerprint density at radius 3 is 2.89 bits per heavy atom. The summed E-state index contributed by atoms with van der Waals surface area (Å²) >= 11 is 1.36. The highest BCUT2D eigenvalue weighted by Crippen LogP contribution is 2.45. The van der Waals surface area contributed by atoms with Crippen LogP contribution < -0.4 is 15.4 Å². The molecule has 3 heterocycles. The van der Waals surface area contributed by atoms with E-state index >= 15 is 0 Å². The van der Waals surface area contributed by atoms with Crippen molar-refractivity contribution in [3.05, 3.63) is 57.6 Å². The molecule has 0 spiro atoms. The molecule has 7 nitrogen and oxygen atoms in total. The average molecular weight is 502 g/mol. The number of nitriles is 1. The summed E-state index contributed by atoms with van der Waals surface area (Å²) in [6.45, 7) is 0. The standard InChI is InChI=1S/C24H22F3N5O2S/c1-34-14-6-4-5-13(9-14)18-10-20(24(25,26)27)32-21(30-18)17(12-29-32)22(33)31-23-16(11-28)15-7-2-3-8-19(15)35-23/h4-6,9,12,18,20,30H,2-3,7-8,10H2,1H3,(H,31,33)/t18-,20+/m1/s1. The number of aryl methyl sites for hydroxylation is 1. The van der Waals surface area contributed by atoms with Crippen LogP contribution in [0.2, 0.25) is 0 Å². The first-order valence-electron chi connectivity index (χ1n) is 11.2. The second-order valence-electron chi connectivity index (χ2n) is 8.60. The number of ether oxygens (including phenoxy) is 1. The number of aromatic nitrogens is 2. The molecule has 1 aromatic carbocycles. The third-order valence-corrected chi connectivity index (χ3v) is 7.70. The van der Waals surface area contributed by atoms with E-state index in [4.69, 9.17) is 4.74 Å². The molecule has 1 amide bonds. The Bertz CT molecular complexity index is 1320. The molecule has 0 saturated heterocycles. The zero-order chi connectivity index (χ0) is 24.7. The monoisotopic (exact) mass is 501 g/mol. The third kappa shape index (κ3) is 4.23. The quantitative estimate of drug-likeness (QED) is 0.484. The summed E-state index contributed by atoms with van der Waals surface area (Å²) in [6, 6.07) is 6.38. The molecule has 0 bridgehead atoms. The number of fused-ring (bicyclic) bond motifs is 2. The van der Waals surface area contributed by atoms with Gasteiger partial charge in [0.2, 0.25) is 0 Å². The van der Waals surface area contributed by atoms with E-state index in [0.717, 1.165) is 47.0 Å². The largest absolute Gasteiger partial charge is 0.497 e. The van der Waals surface area contributed by atoms with Crippen molar-refractivity contribution in [1.29, 1.82) is 5.26 Å². The Balaban J connectivity index is 1.49. The maximum Gasteiger partial charge on any atom is 0.410 e. The number of hydrogen-bond donors (Lipinski definition) is 2.